The number of para-hydroxylation sites is 1. The van der Waals surface area contributed by atoms with Crippen molar-refractivity contribution in [3.8, 4) is 17.2 Å². The van der Waals surface area contributed by atoms with Gasteiger partial charge in [0.15, 0.2) is 0 Å². The molecule has 0 saturated carbocycles. The Labute approximate surface area is 297 Å². The van der Waals surface area contributed by atoms with E-state index in [9.17, 15) is 32.7 Å². The Balaban J connectivity index is 0.000000242. The van der Waals surface area contributed by atoms with Crippen LogP contribution in [0, 0.1) is 0 Å². The van der Waals surface area contributed by atoms with Crippen LogP contribution in [0.15, 0.2) is 103 Å². The predicted molar refractivity (Wildman–Crippen MR) is 193 cm³/mol. The topological polar surface area (TPSA) is 224 Å². The lowest BCUT2D eigenvalue weighted by atomic mass is 10.0. The molecule has 0 aliphatic carbocycles. The summed E-state index contributed by atoms with van der Waals surface area (Å²) in [4.78, 5) is 50.2. The van der Waals surface area contributed by atoms with Crippen molar-refractivity contribution in [2.75, 3.05) is 15.9 Å². The highest BCUT2D eigenvalue weighted by Gasteiger charge is 2.28. The van der Waals surface area contributed by atoms with E-state index in [-0.39, 0.29) is 22.4 Å². The van der Waals surface area contributed by atoms with Gasteiger partial charge < -0.3 is 20.3 Å². The van der Waals surface area contributed by atoms with Crippen LogP contribution in [0.25, 0.3) is 21.8 Å². The molecule has 0 aliphatic heterocycles. The summed E-state index contributed by atoms with van der Waals surface area (Å²) in [6.45, 7) is 2.73. The van der Waals surface area contributed by atoms with Gasteiger partial charge in [-0.2, -0.15) is 15.4 Å². The number of hydrogen-bond acceptors (Lipinski definition) is 11. The van der Waals surface area contributed by atoms with Gasteiger partial charge in [-0.1, -0.05) is 42.5 Å². The lowest BCUT2D eigenvalue weighted by Crippen LogP contribution is -2.44. The van der Waals surface area contributed by atoms with E-state index in [1.54, 1.807) is 54.6 Å². The van der Waals surface area contributed by atoms with Gasteiger partial charge in [-0.25, -0.2) is 18.0 Å². The third kappa shape index (κ3) is 8.67. The summed E-state index contributed by atoms with van der Waals surface area (Å²) in [5.74, 6) is -2.39. The highest BCUT2D eigenvalue weighted by Crippen LogP contribution is 2.36. The number of aromatic hydroxyl groups is 1. The monoisotopic (exact) mass is 724 g/mol. The SMILES string of the molecule is CC(=O)N(c1ccc(NS(C)(=O)=O)cc1)C(C)C(=O)Oc1cc(C(N)=O)c(O)c2ccccc12.O=C(Oc1ccccc1)c1ccc2n[nH]nc2c1. The summed E-state index contributed by atoms with van der Waals surface area (Å²) < 4.78 is 35.9. The van der Waals surface area contributed by atoms with Gasteiger partial charge >= 0.3 is 11.9 Å². The lowest BCUT2D eigenvalue weighted by molar-refractivity contribution is -0.136. The number of fused-ring (bicyclic) bond motifs is 2. The fourth-order valence-corrected chi connectivity index (χ4v) is 5.67. The number of hydrogen-bond donors (Lipinski definition) is 4. The van der Waals surface area contributed by atoms with Crippen LogP contribution in [-0.4, -0.2) is 65.0 Å². The first kappa shape index (κ1) is 36.5. The standard InChI is InChI=1S/C23H23N3O7S.C13H9N3O2/c1-13(26(14(2)27)16-10-8-15(9-11-16)25-34(3,31)32)23(30)33-20-12-19(22(24)29)21(28)18-7-5-4-6-17(18)20;17-13(18-10-4-2-1-3-5-10)9-6-7-11-12(8-9)15-16-14-11/h4-13,25,28H,1-3H3,(H2,24,29);1-8H,(H,14,15,16). The molecule has 5 aromatic carbocycles. The van der Waals surface area contributed by atoms with Crippen molar-refractivity contribution in [2.24, 2.45) is 5.73 Å². The van der Waals surface area contributed by atoms with Crippen LogP contribution < -0.4 is 24.8 Å². The van der Waals surface area contributed by atoms with Crippen molar-refractivity contribution in [3.05, 3.63) is 114 Å². The summed E-state index contributed by atoms with van der Waals surface area (Å²) in [6, 6.07) is 26.4. The number of nitrogens with one attached hydrogen (secondary N) is 2. The molecule has 1 aromatic heterocycles. The largest absolute Gasteiger partial charge is 0.506 e. The molecule has 5 N–H and O–H groups in total. The fraction of sp³-hybridized carbons (Fsp3) is 0.111. The molecule has 1 heterocycles. The number of esters is 2. The van der Waals surface area contributed by atoms with E-state index in [2.05, 4.69) is 20.1 Å². The summed E-state index contributed by atoms with van der Waals surface area (Å²) in [7, 11) is -3.48. The normalized spacial score (nSPS) is 11.5. The quantitative estimate of drug-likeness (QED) is 0.120. The van der Waals surface area contributed by atoms with Crippen LogP contribution in [-0.2, 0) is 19.6 Å². The number of amides is 2. The minimum absolute atomic E-state index is 0.00440. The average molecular weight is 725 g/mol. The molecule has 0 spiro atoms. The Morgan fingerprint density at radius 3 is 2.12 bits per heavy atom. The van der Waals surface area contributed by atoms with Gasteiger partial charge in [-0.3, -0.25) is 19.2 Å². The Hall–Kier alpha value is -6.81. The van der Waals surface area contributed by atoms with Crippen molar-refractivity contribution in [3.63, 3.8) is 0 Å². The molecule has 266 valence electrons. The third-order valence-electron chi connectivity index (χ3n) is 7.48. The summed E-state index contributed by atoms with van der Waals surface area (Å²) >= 11 is 0. The molecule has 2 amide bonds. The summed E-state index contributed by atoms with van der Waals surface area (Å²) in [5, 5.41) is 21.3. The zero-order chi connectivity index (χ0) is 37.6. The molecule has 1 unspecified atom stereocenters. The molecule has 15 nitrogen and oxygen atoms in total. The Kier molecular flexibility index (Phi) is 10.8. The van der Waals surface area contributed by atoms with Crippen LogP contribution in [0.3, 0.4) is 0 Å². The van der Waals surface area contributed by atoms with Crippen molar-refractivity contribution in [1.29, 1.82) is 0 Å². The van der Waals surface area contributed by atoms with Crippen molar-refractivity contribution in [1.82, 2.24) is 15.4 Å². The summed E-state index contributed by atoms with van der Waals surface area (Å²) in [5.41, 5.74) is 7.55. The molecule has 16 heteroatoms. The van der Waals surface area contributed by atoms with Crippen LogP contribution in [0.5, 0.6) is 17.2 Å². The lowest BCUT2D eigenvalue weighted by Gasteiger charge is -2.27. The first-order valence-corrected chi connectivity index (χ1v) is 17.3. The van der Waals surface area contributed by atoms with E-state index in [1.807, 2.05) is 18.2 Å². The van der Waals surface area contributed by atoms with E-state index >= 15 is 0 Å². The van der Waals surface area contributed by atoms with Gasteiger partial charge in [-0.05, 0) is 67.6 Å². The Morgan fingerprint density at radius 1 is 0.846 bits per heavy atom. The number of nitrogens with zero attached hydrogens (tertiary/aromatic N) is 3. The first-order valence-electron chi connectivity index (χ1n) is 15.4. The average Bonchev–Trinajstić information content (AvgIpc) is 3.58. The van der Waals surface area contributed by atoms with Gasteiger partial charge in [0, 0.05) is 29.1 Å². The minimum Gasteiger partial charge on any atom is -0.506 e. The number of benzene rings is 5. The molecular weight excluding hydrogens is 692 g/mol. The second kappa shape index (κ2) is 15.4. The van der Waals surface area contributed by atoms with Crippen LogP contribution >= 0.6 is 0 Å². The molecule has 0 bridgehead atoms. The molecule has 0 aliphatic rings. The van der Waals surface area contributed by atoms with Gasteiger partial charge in [0.1, 0.15) is 34.3 Å². The smallest absolute Gasteiger partial charge is 0.343 e. The van der Waals surface area contributed by atoms with Crippen LogP contribution in [0.4, 0.5) is 11.4 Å². The number of carbonyl (C=O) groups excluding carboxylic acids is 4. The molecule has 0 radical (unpaired) electrons. The highest BCUT2D eigenvalue weighted by molar-refractivity contribution is 7.92. The number of aromatic nitrogens is 3. The number of ether oxygens (including phenoxy) is 2. The molecule has 6 aromatic rings. The van der Waals surface area contributed by atoms with Gasteiger partial charge in [0.25, 0.3) is 5.91 Å². The van der Waals surface area contributed by atoms with E-state index in [1.165, 1.54) is 49.1 Å². The zero-order valence-corrected chi connectivity index (χ0v) is 28.7. The predicted octanol–water partition coefficient (Wildman–Crippen LogP) is 4.54. The number of phenols is 1. The van der Waals surface area contributed by atoms with E-state index in [4.69, 9.17) is 15.2 Å². The maximum atomic E-state index is 13.0. The van der Waals surface area contributed by atoms with Gasteiger partial charge in [0.2, 0.25) is 15.9 Å². The number of aromatic amines is 1. The van der Waals surface area contributed by atoms with Crippen molar-refractivity contribution in [2.45, 2.75) is 19.9 Å². The van der Waals surface area contributed by atoms with E-state index < -0.39 is 39.8 Å². The van der Waals surface area contributed by atoms with Crippen LogP contribution in [0.1, 0.15) is 34.6 Å². The van der Waals surface area contributed by atoms with Crippen LogP contribution in [0.2, 0.25) is 0 Å². The first-order chi connectivity index (χ1) is 24.7. The number of sulfonamides is 1. The maximum absolute atomic E-state index is 13.0. The Bertz CT molecular complexity index is 2400. The number of anilines is 2. The van der Waals surface area contributed by atoms with Gasteiger partial charge in [-0.15, -0.1) is 0 Å². The second-order valence-electron chi connectivity index (χ2n) is 11.3. The molecule has 1 atom stereocenters. The number of H-pyrrole nitrogens is 1. The van der Waals surface area contributed by atoms with Gasteiger partial charge in [0.05, 0.1) is 17.4 Å². The number of rotatable bonds is 9. The summed E-state index contributed by atoms with van der Waals surface area (Å²) in [6.07, 6.45) is 1.01. The number of nitrogens with two attached hydrogens (primary N) is 1. The molecular formula is C36H32N6O9S. The van der Waals surface area contributed by atoms with Crippen molar-refractivity contribution >= 4 is 67.0 Å². The molecule has 6 rings (SSSR count). The van der Waals surface area contributed by atoms with E-state index in [0.29, 0.717) is 39.1 Å². The maximum Gasteiger partial charge on any atom is 0.343 e. The highest BCUT2D eigenvalue weighted by atomic mass is 32.2. The Morgan fingerprint density at radius 2 is 1.48 bits per heavy atom. The molecule has 0 fully saturated rings. The molecule has 0 saturated heterocycles. The third-order valence-corrected chi connectivity index (χ3v) is 8.08. The number of primary amides is 1. The fourth-order valence-electron chi connectivity index (χ4n) is 5.10. The second-order valence-corrected chi connectivity index (χ2v) is 13.1. The van der Waals surface area contributed by atoms with E-state index in [0.717, 1.165) is 6.26 Å². The minimum atomic E-state index is -3.48. The van der Waals surface area contributed by atoms with Crippen molar-refractivity contribution < 1.29 is 42.2 Å². The zero-order valence-electron chi connectivity index (χ0n) is 27.9. The number of carbonyl (C=O) groups is 4. The molecule has 52 heavy (non-hydrogen) atoms.